The molecular formula is C15H21N3O. The first-order chi connectivity index (χ1) is 9.20. The Morgan fingerprint density at radius 1 is 1.11 bits per heavy atom. The number of nitrogens with two attached hydrogens (primary N) is 1. The third kappa shape index (κ3) is 2.43. The number of nitrogen functional groups attached to an aromatic ring is 1. The smallest absolute Gasteiger partial charge is 0.294 e. The van der Waals surface area contributed by atoms with Gasteiger partial charge in [-0.2, -0.15) is 0 Å². The van der Waals surface area contributed by atoms with Crippen molar-refractivity contribution < 1.29 is 0 Å². The molecule has 0 atom stereocenters. The summed E-state index contributed by atoms with van der Waals surface area (Å²) >= 11 is 0. The molecule has 0 unspecified atom stereocenters. The minimum atomic E-state index is -0.108. The molecule has 1 aromatic heterocycles. The third-order valence-corrected chi connectivity index (χ3v) is 3.21. The van der Waals surface area contributed by atoms with Crippen LogP contribution in [0, 0.1) is 0 Å². The standard InChI is InChI=1S/C15H21N3O/c1-3-8-13-14(16)15(19)18(17(13)11-4-2)12-9-6-5-7-10-12/h5-7,9-10H,3-4,8,11,16H2,1-2H3. The second-order valence-corrected chi connectivity index (χ2v) is 4.69. The van der Waals surface area contributed by atoms with Gasteiger partial charge in [-0.3, -0.25) is 9.48 Å². The topological polar surface area (TPSA) is 53.0 Å². The SMILES string of the molecule is CCCc1c(N)c(=O)n(-c2ccccc2)n1CCC. The van der Waals surface area contributed by atoms with Gasteiger partial charge in [-0.1, -0.05) is 38.5 Å². The second-order valence-electron chi connectivity index (χ2n) is 4.69. The lowest BCUT2D eigenvalue weighted by Crippen LogP contribution is -2.22. The average Bonchev–Trinajstić information content (AvgIpc) is 2.66. The van der Waals surface area contributed by atoms with Crippen LogP contribution in [0.2, 0.25) is 0 Å². The highest BCUT2D eigenvalue weighted by Gasteiger charge is 2.17. The lowest BCUT2D eigenvalue weighted by Gasteiger charge is -2.13. The molecule has 1 heterocycles. The van der Waals surface area contributed by atoms with Gasteiger partial charge in [0.05, 0.1) is 11.4 Å². The summed E-state index contributed by atoms with van der Waals surface area (Å²) in [4.78, 5) is 12.4. The number of benzene rings is 1. The van der Waals surface area contributed by atoms with E-state index in [9.17, 15) is 4.79 Å². The van der Waals surface area contributed by atoms with Crippen LogP contribution >= 0.6 is 0 Å². The quantitative estimate of drug-likeness (QED) is 0.897. The Kier molecular flexibility index (Phi) is 4.10. The molecule has 2 N–H and O–H groups in total. The van der Waals surface area contributed by atoms with Crippen LogP contribution in [0.3, 0.4) is 0 Å². The summed E-state index contributed by atoms with van der Waals surface area (Å²) in [6.07, 6.45) is 2.78. The Labute approximate surface area is 113 Å². The summed E-state index contributed by atoms with van der Waals surface area (Å²) in [5, 5.41) is 0. The van der Waals surface area contributed by atoms with Gasteiger partial charge in [0, 0.05) is 6.54 Å². The van der Waals surface area contributed by atoms with Crippen LogP contribution in [-0.4, -0.2) is 9.36 Å². The molecule has 0 aliphatic heterocycles. The predicted molar refractivity (Wildman–Crippen MR) is 78.7 cm³/mol. The zero-order valence-electron chi connectivity index (χ0n) is 11.6. The summed E-state index contributed by atoms with van der Waals surface area (Å²) in [7, 11) is 0. The molecule has 2 rings (SSSR count). The molecule has 0 fully saturated rings. The van der Waals surface area contributed by atoms with E-state index in [-0.39, 0.29) is 5.56 Å². The van der Waals surface area contributed by atoms with Crippen LogP contribution in [0.15, 0.2) is 35.1 Å². The van der Waals surface area contributed by atoms with Crippen molar-refractivity contribution in [2.45, 2.75) is 39.7 Å². The fraction of sp³-hybridized carbons (Fsp3) is 0.400. The molecule has 1 aromatic carbocycles. The minimum Gasteiger partial charge on any atom is -0.393 e. The van der Waals surface area contributed by atoms with E-state index in [0.29, 0.717) is 5.69 Å². The van der Waals surface area contributed by atoms with E-state index in [2.05, 4.69) is 13.8 Å². The number of rotatable bonds is 5. The normalized spacial score (nSPS) is 10.8. The molecule has 0 aliphatic rings. The molecular weight excluding hydrogens is 238 g/mol. The fourth-order valence-electron chi connectivity index (χ4n) is 2.38. The summed E-state index contributed by atoms with van der Waals surface area (Å²) in [6.45, 7) is 5.00. The van der Waals surface area contributed by atoms with Gasteiger partial charge in [0.1, 0.15) is 5.69 Å². The molecule has 19 heavy (non-hydrogen) atoms. The van der Waals surface area contributed by atoms with Crippen molar-refractivity contribution in [1.82, 2.24) is 9.36 Å². The van der Waals surface area contributed by atoms with Gasteiger partial charge in [-0.15, -0.1) is 0 Å². The Hall–Kier alpha value is -1.97. The second kappa shape index (κ2) is 5.78. The monoisotopic (exact) mass is 259 g/mol. The Balaban J connectivity index is 2.66. The van der Waals surface area contributed by atoms with Crippen LogP contribution in [0.5, 0.6) is 0 Å². The number of nitrogens with zero attached hydrogens (tertiary/aromatic N) is 2. The van der Waals surface area contributed by atoms with Crippen molar-refractivity contribution in [3.63, 3.8) is 0 Å². The molecule has 4 heteroatoms. The molecule has 102 valence electrons. The molecule has 0 spiro atoms. The van der Waals surface area contributed by atoms with Crippen molar-refractivity contribution in [1.29, 1.82) is 0 Å². The van der Waals surface area contributed by atoms with Gasteiger partial charge in [-0.25, -0.2) is 4.68 Å². The van der Waals surface area contributed by atoms with Gasteiger partial charge in [0.2, 0.25) is 0 Å². The molecule has 0 radical (unpaired) electrons. The molecule has 0 bridgehead atoms. The molecule has 0 amide bonds. The van der Waals surface area contributed by atoms with Gasteiger partial charge >= 0.3 is 0 Å². The van der Waals surface area contributed by atoms with Gasteiger partial charge in [0.15, 0.2) is 0 Å². The Morgan fingerprint density at radius 3 is 2.37 bits per heavy atom. The summed E-state index contributed by atoms with van der Waals surface area (Å²) in [6, 6.07) is 9.67. The molecule has 2 aromatic rings. The van der Waals surface area contributed by atoms with Crippen molar-refractivity contribution in [2.24, 2.45) is 0 Å². The average molecular weight is 259 g/mol. The van der Waals surface area contributed by atoms with E-state index < -0.39 is 0 Å². The van der Waals surface area contributed by atoms with E-state index in [0.717, 1.165) is 37.2 Å². The van der Waals surface area contributed by atoms with Crippen LogP contribution < -0.4 is 11.3 Å². The number of para-hydroxylation sites is 1. The van der Waals surface area contributed by atoms with E-state index in [1.54, 1.807) is 4.68 Å². The van der Waals surface area contributed by atoms with Gasteiger partial charge in [0.25, 0.3) is 5.56 Å². The number of hydrogen-bond donors (Lipinski definition) is 1. The van der Waals surface area contributed by atoms with Gasteiger partial charge in [-0.05, 0) is 25.0 Å². The van der Waals surface area contributed by atoms with Crippen molar-refractivity contribution in [3.05, 3.63) is 46.4 Å². The van der Waals surface area contributed by atoms with Crippen LogP contribution in [0.25, 0.3) is 5.69 Å². The first-order valence-corrected chi connectivity index (χ1v) is 6.86. The number of hydrogen-bond acceptors (Lipinski definition) is 2. The van der Waals surface area contributed by atoms with E-state index in [1.165, 1.54) is 0 Å². The predicted octanol–water partition coefficient (Wildman–Crippen LogP) is 2.58. The summed E-state index contributed by atoms with van der Waals surface area (Å²) < 4.78 is 3.72. The molecule has 0 aliphatic carbocycles. The zero-order chi connectivity index (χ0) is 13.8. The first-order valence-electron chi connectivity index (χ1n) is 6.86. The van der Waals surface area contributed by atoms with Crippen molar-refractivity contribution in [2.75, 3.05) is 5.73 Å². The van der Waals surface area contributed by atoms with Crippen LogP contribution in [-0.2, 0) is 13.0 Å². The maximum atomic E-state index is 12.4. The summed E-state index contributed by atoms with van der Waals surface area (Å²) in [5.41, 5.74) is 8.11. The highest BCUT2D eigenvalue weighted by Crippen LogP contribution is 2.15. The molecule has 0 saturated carbocycles. The van der Waals surface area contributed by atoms with Crippen LogP contribution in [0.4, 0.5) is 5.69 Å². The highest BCUT2D eigenvalue weighted by atomic mass is 16.1. The van der Waals surface area contributed by atoms with Crippen LogP contribution in [0.1, 0.15) is 32.4 Å². The van der Waals surface area contributed by atoms with E-state index in [4.69, 9.17) is 5.73 Å². The first kappa shape index (κ1) is 13.5. The lowest BCUT2D eigenvalue weighted by atomic mass is 10.2. The number of aromatic nitrogens is 2. The largest absolute Gasteiger partial charge is 0.393 e. The van der Waals surface area contributed by atoms with Crippen molar-refractivity contribution in [3.8, 4) is 5.69 Å². The van der Waals surface area contributed by atoms with Gasteiger partial charge < -0.3 is 5.73 Å². The van der Waals surface area contributed by atoms with E-state index in [1.807, 2.05) is 35.0 Å². The van der Waals surface area contributed by atoms with E-state index >= 15 is 0 Å². The fourth-order valence-corrected chi connectivity index (χ4v) is 2.38. The zero-order valence-corrected chi connectivity index (χ0v) is 11.6. The van der Waals surface area contributed by atoms with Crippen molar-refractivity contribution >= 4 is 5.69 Å². The lowest BCUT2D eigenvalue weighted by molar-refractivity contribution is 0.512. The molecule has 4 nitrogen and oxygen atoms in total. The molecule has 0 saturated heterocycles. The number of anilines is 1. The Morgan fingerprint density at radius 2 is 1.79 bits per heavy atom. The maximum Gasteiger partial charge on any atom is 0.294 e. The minimum absolute atomic E-state index is 0.108. The Bertz CT molecular complexity index is 596. The summed E-state index contributed by atoms with van der Waals surface area (Å²) in [5.74, 6) is 0. The third-order valence-electron chi connectivity index (χ3n) is 3.21. The highest BCUT2D eigenvalue weighted by molar-refractivity contribution is 5.45. The maximum absolute atomic E-state index is 12.4.